The van der Waals surface area contributed by atoms with E-state index in [-0.39, 0.29) is 0 Å². The van der Waals surface area contributed by atoms with Crippen molar-refractivity contribution in [3.63, 3.8) is 0 Å². The summed E-state index contributed by atoms with van der Waals surface area (Å²) in [7, 11) is 0. The highest BCUT2D eigenvalue weighted by Crippen LogP contribution is 2.42. The second-order valence-electron chi connectivity index (χ2n) is 12.6. The van der Waals surface area contributed by atoms with Crippen molar-refractivity contribution in [2.45, 2.75) is 6.17 Å². The fraction of sp³-hybridized carbons (Fsp3) is 0.0222. The fourth-order valence-corrected chi connectivity index (χ4v) is 8.40. The van der Waals surface area contributed by atoms with E-state index >= 15 is 0 Å². The lowest BCUT2D eigenvalue weighted by molar-refractivity contribution is 0.669. The van der Waals surface area contributed by atoms with Gasteiger partial charge in [0.05, 0.1) is 0 Å². The Kier molecular flexibility index (Phi) is 6.71. The monoisotopic (exact) mass is 659 g/mol. The van der Waals surface area contributed by atoms with Gasteiger partial charge in [0.25, 0.3) is 0 Å². The maximum absolute atomic E-state index is 6.46. The van der Waals surface area contributed by atoms with E-state index in [1.807, 2.05) is 47.7 Å². The van der Waals surface area contributed by atoms with E-state index in [1.54, 1.807) is 0 Å². The number of nitrogens with one attached hydrogen (secondary N) is 1. The van der Waals surface area contributed by atoms with Crippen molar-refractivity contribution in [3.8, 4) is 22.3 Å². The molecule has 1 unspecified atom stereocenters. The number of benzene rings is 7. The average molecular weight is 660 g/mol. The molecule has 7 aromatic carbocycles. The second kappa shape index (κ2) is 11.7. The summed E-state index contributed by atoms with van der Waals surface area (Å²) in [5.41, 5.74) is 9.34. The molecule has 10 rings (SSSR count). The molecule has 0 fully saturated rings. The minimum absolute atomic E-state index is 0.409. The van der Waals surface area contributed by atoms with Crippen molar-refractivity contribution < 1.29 is 4.42 Å². The quantitative estimate of drug-likeness (QED) is 0.200. The molecule has 5 heteroatoms. The van der Waals surface area contributed by atoms with Crippen LogP contribution in [0.1, 0.15) is 22.9 Å². The molecule has 1 aliphatic rings. The van der Waals surface area contributed by atoms with E-state index in [0.29, 0.717) is 0 Å². The minimum Gasteiger partial charge on any atom is -0.456 e. The molecule has 1 aliphatic heterocycles. The molecular formula is C45H29N3OS. The Bertz CT molecular complexity index is 2790. The van der Waals surface area contributed by atoms with Crippen LogP contribution in [-0.4, -0.2) is 11.7 Å². The maximum atomic E-state index is 6.46. The van der Waals surface area contributed by atoms with Crippen LogP contribution in [0.5, 0.6) is 0 Å². The molecule has 0 bridgehead atoms. The first-order valence-electron chi connectivity index (χ1n) is 16.8. The van der Waals surface area contributed by atoms with Crippen molar-refractivity contribution in [2.24, 2.45) is 9.98 Å². The molecule has 0 radical (unpaired) electrons. The number of thiophene rings is 1. The Morgan fingerprint density at radius 1 is 0.480 bits per heavy atom. The first-order valence-corrected chi connectivity index (χ1v) is 17.6. The van der Waals surface area contributed by atoms with Gasteiger partial charge < -0.3 is 9.73 Å². The first kappa shape index (κ1) is 28.7. The van der Waals surface area contributed by atoms with Crippen LogP contribution >= 0.6 is 11.3 Å². The topological polar surface area (TPSA) is 49.9 Å². The number of rotatable bonds is 5. The van der Waals surface area contributed by atoms with Crippen LogP contribution in [0.25, 0.3) is 64.4 Å². The molecule has 0 saturated heterocycles. The van der Waals surface area contributed by atoms with Crippen molar-refractivity contribution in [2.75, 3.05) is 0 Å². The molecular weight excluding hydrogens is 631 g/mol. The summed E-state index contributed by atoms with van der Waals surface area (Å²) in [6.45, 7) is 0. The number of aliphatic imine (C=N–C) groups is 2. The predicted octanol–water partition coefficient (Wildman–Crippen LogP) is 11.8. The highest BCUT2D eigenvalue weighted by atomic mass is 32.1. The van der Waals surface area contributed by atoms with Gasteiger partial charge in [0.2, 0.25) is 0 Å². The number of hydrogen-bond acceptors (Lipinski definition) is 5. The summed E-state index contributed by atoms with van der Waals surface area (Å²) in [5, 5.41) is 8.34. The summed E-state index contributed by atoms with van der Waals surface area (Å²) >= 11 is 1.81. The van der Waals surface area contributed by atoms with E-state index in [9.17, 15) is 0 Å². The number of furan rings is 1. The van der Waals surface area contributed by atoms with Crippen LogP contribution in [0.3, 0.4) is 0 Å². The van der Waals surface area contributed by atoms with Crippen LogP contribution in [0, 0.1) is 0 Å². The largest absolute Gasteiger partial charge is 0.456 e. The molecule has 9 aromatic rings. The standard InChI is InChI=1S/C45H29N3OS/c1-3-13-28(14-4-1)32-26-37(41-35-20-7-9-23-38(35)49-39(41)27-32)30-17-11-18-31(25-30)44-46-43(29-15-5-2-6-16-29)47-45(48-44)36-22-12-21-34-33-19-8-10-24-40(33)50-42(34)36/h1-27,45H,(H,46,47,48). The molecule has 0 spiro atoms. The lowest BCUT2D eigenvalue weighted by Gasteiger charge is -2.23. The van der Waals surface area contributed by atoms with Gasteiger partial charge in [-0.05, 0) is 52.6 Å². The van der Waals surface area contributed by atoms with Crippen LogP contribution in [0.4, 0.5) is 0 Å². The van der Waals surface area contributed by atoms with Crippen LogP contribution in [0.15, 0.2) is 178 Å². The van der Waals surface area contributed by atoms with Crippen molar-refractivity contribution in [3.05, 3.63) is 180 Å². The van der Waals surface area contributed by atoms with Gasteiger partial charge in [-0.2, -0.15) is 0 Å². The van der Waals surface area contributed by atoms with E-state index in [4.69, 9.17) is 14.4 Å². The molecule has 1 N–H and O–H groups in total. The first-order chi connectivity index (χ1) is 24.8. The Morgan fingerprint density at radius 2 is 1.12 bits per heavy atom. The Labute approximate surface area is 292 Å². The molecule has 0 saturated carbocycles. The van der Waals surface area contributed by atoms with Gasteiger partial charge in [-0.25, -0.2) is 9.98 Å². The molecule has 1 atom stereocenters. The van der Waals surface area contributed by atoms with E-state index in [1.165, 1.54) is 20.2 Å². The number of amidine groups is 2. The Hall–Kier alpha value is -6.30. The zero-order chi connectivity index (χ0) is 33.0. The number of para-hydroxylation sites is 1. The zero-order valence-corrected chi connectivity index (χ0v) is 27.7. The molecule has 3 heterocycles. The lowest BCUT2D eigenvalue weighted by Crippen LogP contribution is -2.36. The van der Waals surface area contributed by atoms with Gasteiger partial charge in [-0.1, -0.05) is 133 Å². The Balaban J connectivity index is 1.15. The van der Waals surface area contributed by atoms with E-state index in [0.717, 1.165) is 72.6 Å². The Morgan fingerprint density at radius 3 is 1.96 bits per heavy atom. The van der Waals surface area contributed by atoms with Gasteiger partial charge in [0, 0.05) is 47.6 Å². The summed E-state index contributed by atoms with van der Waals surface area (Å²) in [5.74, 6) is 1.59. The molecule has 50 heavy (non-hydrogen) atoms. The van der Waals surface area contributed by atoms with Gasteiger partial charge in [0.1, 0.15) is 22.8 Å². The van der Waals surface area contributed by atoms with Gasteiger partial charge >= 0.3 is 0 Å². The lowest BCUT2D eigenvalue weighted by atomic mass is 9.93. The summed E-state index contributed by atoms with van der Waals surface area (Å²) < 4.78 is 8.95. The highest BCUT2D eigenvalue weighted by Gasteiger charge is 2.24. The van der Waals surface area contributed by atoms with E-state index in [2.05, 4.69) is 133 Å². The van der Waals surface area contributed by atoms with Crippen LogP contribution in [0.2, 0.25) is 0 Å². The third-order valence-electron chi connectivity index (χ3n) is 9.53. The molecule has 0 aliphatic carbocycles. The average Bonchev–Trinajstić information content (AvgIpc) is 3.77. The van der Waals surface area contributed by atoms with Gasteiger partial charge in [-0.3, -0.25) is 0 Å². The molecule has 0 amide bonds. The highest BCUT2D eigenvalue weighted by molar-refractivity contribution is 7.26. The fourth-order valence-electron chi connectivity index (χ4n) is 7.16. The SMILES string of the molecule is c1ccc(C2=NC(c3cccc4c3sc3ccccc34)N=C(c3cccc(-c4cc(-c5ccccc5)cc5oc6ccccc6c45)c3)N2)cc1. The number of hydrogen-bond donors (Lipinski definition) is 1. The van der Waals surface area contributed by atoms with Crippen molar-refractivity contribution >= 4 is 65.1 Å². The summed E-state index contributed by atoms with van der Waals surface area (Å²) in [4.78, 5) is 10.6. The smallest absolute Gasteiger partial charge is 0.171 e. The third kappa shape index (κ3) is 4.82. The molecule has 236 valence electrons. The normalized spacial score (nSPS) is 14.6. The minimum atomic E-state index is -0.409. The van der Waals surface area contributed by atoms with Crippen LogP contribution < -0.4 is 5.32 Å². The molecule has 4 nitrogen and oxygen atoms in total. The zero-order valence-electron chi connectivity index (χ0n) is 26.9. The van der Waals surface area contributed by atoms with Crippen molar-refractivity contribution in [1.82, 2.24) is 5.32 Å². The van der Waals surface area contributed by atoms with Crippen molar-refractivity contribution in [1.29, 1.82) is 0 Å². The third-order valence-corrected chi connectivity index (χ3v) is 10.8. The molecule has 2 aromatic heterocycles. The van der Waals surface area contributed by atoms with E-state index < -0.39 is 6.17 Å². The number of nitrogens with zero attached hydrogens (tertiary/aromatic N) is 2. The van der Waals surface area contributed by atoms with Crippen LogP contribution in [-0.2, 0) is 0 Å². The second-order valence-corrected chi connectivity index (χ2v) is 13.6. The maximum Gasteiger partial charge on any atom is 0.171 e. The predicted molar refractivity (Wildman–Crippen MR) is 209 cm³/mol. The summed E-state index contributed by atoms with van der Waals surface area (Å²) in [6.07, 6.45) is -0.409. The number of fused-ring (bicyclic) bond motifs is 6. The summed E-state index contributed by atoms with van der Waals surface area (Å²) in [6, 6.07) is 57.3. The van der Waals surface area contributed by atoms with Gasteiger partial charge in [-0.15, -0.1) is 11.3 Å². The van der Waals surface area contributed by atoms with Gasteiger partial charge in [0.15, 0.2) is 6.17 Å².